The van der Waals surface area contributed by atoms with Crippen molar-refractivity contribution in [3.63, 3.8) is 0 Å². The highest BCUT2D eigenvalue weighted by molar-refractivity contribution is 5.91. The van der Waals surface area contributed by atoms with Crippen LogP contribution in [0.3, 0.4) is 0 Å². The van der Waals surface area contributed by atoms with Crippen LogP contribution in [0.4, 0.5) is 5.69 Å². The molecule has 0 saturated heterocycles. The van der Waals surface area contributed by atoms with Gasteiger partial charge < -0.3 is 5.32 Å². The van der Waals surface area contributed by atoms with Crippen molar-refractivity contribution in [2.45, 2.75) is 25.8 Å². The zero-order valence-corrected chi connectivity index (χ0v) is 14.5. The molecule has 1 aliphatic carbocycles. The largest absolute Gasteiger partial charge is 0.331 e. The molecule has 1 aromatic heterocycles. The average molecular weight is 349 g/mol. The first-order chi connectivity index (χ1) is 12.5. The Labute approximate surface area is 149 Å². The molecule has 1 amide bonds. The smallest absolute Gasteiger partial charge is 0.325 e. The first kappa shape index (κ1) is 16.3. The zero-order valence-electron chi connectivity index (χ0n) is 14.5. The minimum Gasteiger partial charge on any atom is -0.325 e. The second kappa shape index (κ2) is 6.29. The zero-order chi connectivity index (χ0) is 18.3. The lowest BCUT2D eigenvalue weighted by Crippen LogP contribution is -2.40. The molecular weight excluding hydrogens is 330 g/mol. The highest BCUT2D eigenvalue weighted by atomic mass is 16.2. The Hall–Kier alpha value is -3.15. The number of anilines is 1. The van der Waals surface area contributed by atoms with E-state index < -0.39 is 5.69 Å². The molecule has 4 rings (SSSR count). The standard InChI is InChI=1S/C20H19N3O3/c1-22-19(25)16-7-2-3-8-17(16)23(20(22)26)12-18(24)21-15-10-9-13-5-4-6-14(13)11-15/h2-3,7-11H,4-6,12H2,1H3,(H,21,24). The molecule has 2 aromatic carbocycles. The van der Waals surface area contributed by atoms with Gasteiger partial charge in [0, 0.05) is 12.7 Å². The molecule has 0 atom stereocenters. The number of amides is 1. The lowest BCUT2D eigenvalue weighted by molar-refractivity contribution is -0.116. The molecule has 26 heavy (non-hydrogen) atoms. The summed E-state index contributed by atoms with van der Waals surface area (Å²) >= 11 is 0. The van der Waals surface area contributed by atoms with Gasteiger partial charge in [-0.2, -0.15) is 0 Å². The quantitative estimate of drug-likeness (QED) is 0.784. The number of benzene rings is 2. The Balaban J connectivity index is 1.66. The number of carbonyl (C=O) groups is 1. The van der Waals surface area contributed by atoms with Gasteiger partial charge in [0.1, 0.15) is 6.54 Å². The van der Waals surface area contributed by atoms with Crippen LogP contribution in [0.1, 0.15) is 17.5 Å². The summed E-state index contributed by atoms with van der Waals surface area (Å²) in [5.74, 6) is -0.297. The van der Waals surface area contributed by atoms with Gasteiger partial charge in [0.05, 0.1) is 10.9 Å². The molecule has 6 nitrogen and oxygen atoms in total. The summed E-state index contributed by atoms with van der Waals surface area (Å²) in [7, 11) is 1.42. The van der Waals surface area contributed by atoms with Gasteiger partial charge in [-0.3, -0.25) is 18.7 Å². The van der Waals surface area contributed by atoms with Crippen molar-refractivity contribution >= 4 is 22.5 Å². The number of hydrogen-bond acceptors (Lipinski definition) is 3. The number of aryl methyl sites for hydroxylation is 2. The summed E-state index contributed by atoms with van der Waals surface area (Å²) in [6.45, 7) is -0.148. The topological polar surface area (TPSA) is 73.1 Å². The molecule has 0 aliphatic heterocycles. The van der Waals surface area contributed by atoms with Gasteiger partial charge in [-0.15, -0.1) is 0 Å². The third-order valence-corrected chi connectivity index (χ3v) is 4.93. The number of carbonyl (C=O) groups excluding carboxylic acids is 1. The molecule has 0 bridgehead atoms. The van der Waals surface area contributed by atoms with Crippen LogP contribution in [0.2, 0.25) is 0 Å². The van der Waals surface area contributed by atoms with Crippen LogP contribution < -0.4 is 16.6 Å². The number of fused-ring (bicyclic) bond motifs is 2. The first-order valence-corrected chi connectivity index (χ1v) is 8.65. The number of rotatable bonds is 3. The highest BCUT2D eigenvalue weighted by Crippen LogP contribution is 2.24. The maximum atomic E-state index is 12.5. The monoisotopic (exact) mass is 349 g/mol. The molecule has 0 radical (unpaired) electrons. The normalized spacial score (nSPS) is 13.0. The summed E-state index contributed by atoms with van der Waals surface area (Å²) in [6.07, 6.45) is 3.26. The summed E-state index contributed by atoms with van der Waals surface area (Å²) in [5, 5.41) is 3.28. The molecule has 3 aromatic rings. The molecule has 0 spiro atoms. The van der Waals surface area contributed by atoms with E-state index in [2.05, 4.69) is 5.32 Å². The first-order valence-electron chi connectivity index (χ1n) is 8.65. The van der Waals surface area contributed by atoms with E-state index >= 15 is 0 Å². The predicted molar refractivity (Wildman–Crippen MR) is 101 cm³/mol. The average Bonchev–Trinajstić information content (AvgIpc) is 3.11. The molecule has 1 heterocycles. The lowest BCUT2D eigenvalue weighted by atomic mass is 10.1. The minimum atomic E-state index is -0.502. The summed E-state index contributed by atoms with van der Waals surface area (Å²) in [4.78, 5) is 37.2. The number of nitrogens with one attached hydrogen (secondary N) is 1. The molecule has 1 aliphatic rings. The fraction of sp³-hybridized carbons (Fsp3) is 0.250. The fourth-order valence-electron chi connectivity index (χ4n) is 3.59. The van der Waals surface area contributed by atoms with E-state index in [0.717, 1.165) is 29.5 Å². The van der Waals surface area contributed by atoms with E-state index in [-0.39, 0.29) is 18.0 Å². The number of hydrogen-bond donors (Lipinski definition) is 1. The number of nitrogens with zero attached hydrogens (tertiary/aromatic N) is 2. The van der Waals surface area contributed by atoms with Crippen molar-refractivity contribution in [2.75, 3.05) is 5.32 Å². The van der Waals surface area contributed by atoms with Crippen molar-refractivity contribution < 1.29 is 4.79 Å². The maximum Gasteiger partial charge on any atom is 0.331 e. The Bertz CT molecular complexity index is 1140. The Morgan fingerprint density at radius 1 is 1.08 bits per heavy atom. The lowest BCUT2D eigenvalue weighted by Gasteiger charge is -2.12. The van der Waals surface area contributed by atoms with Crippen LogP contribution in [-0.4, -0.2) is 15.0 Å². The molecule has 1 N–H and O–H groups in total. The Kier molecular flexibility index (Phi) is 3.95. The Morgan fingerprint density at radius 3 is 2.69 bits per heavy atom. The second-order valence-corrected chi connectivity index (χ2v) is 6.64. The maximum absolute atomic E-state index is 12.5. The third-order valence-electron chi connectivity index (χ3n) is 4.93. The SMILES string of the molecule is Cn1c(=O)c2ccccc2n(CC(=O)Nc2ccc3c(c2)CCC3)c1=O. The molecule has 0 saturated carbocycles. The van der Waals surface area contributed by atoms with Gasteiger partial charge in [0.15, 0.2) is 0 Å². The number of aromatic nitrogens is 2. The third kappa shape index (κ3) is 2.73. The second-order valence-electron chi connectivity index (χ2n) is 6.64. The molecule has 0 unspecified atom stereocenters. The molecule has 0 fully saturated rings. The van der Waals surface area contributed by atoms with E-state index in [1.165, 1.54) is 22.7 Å². The van der Waals surface area contributed by atoms with E-state index in [1.54, 1.807) is 24.3 Å². The summed E-state index contributed by atoms with van der Waals surface area (Å²) in [6, 6.07) is 12.8. The Morgan fingerprint density at radius 2 is 1.85 bits per heavy atom. The van der Waals surface area contributed by atoms with E-state index in [0.29, 0.717) is 10.9 Å². The fourth-order valence-corrected chi connectivity index (χ4v) is 3.59. The van der Waals surface area contributed by atoms with Crippen molar-refractivity contribution in [1.82, 2.24) is 9.13 Å². The van der Waals surface area contributed by atoms with E-state index in [4.69, 9.17) is 0 Å². The summed E-state index contributed by atoms with van der Waals surface area (Å²) < 4.78 is 2.37. The van der Waals surface area contributed by atoms with Crippen molar-refractivity contribution in [1.29, 1.82) is 0 Å². The van der Waals surface area contributed by atoms with Gasteiger partial charge >= 0.3 is 5.69 Å². The van der Waals surface area contributed by atoms with Crippen LogP contribution in [0.25, 0.3) is 10.9 Å². The van der Waals surface area contributed by atoms with Crippen LogP contribution in [0.15, 0.2) is 52.1 Å². The highest BCUT2D eigenvalue weighted by Gasteiger charge is 2.15. The van der Waals surface area contributed by atoms with Crippen molar-refractivity contribution in [2.24, 2.45) is 7.05 Å². The van der Waals surface area contributed by atoms with Gasteiger partial charge in [-0.05, 0) is 54.7 Å². The van der Waals surface area contributed by atoms with Crippen LogP contribution in [-0.2, 0) is 31.2 Å². The van der Waals surface area contributed by atoms with Gasteiger partial charge in [-0.25, -0.2) is 4.79 Å². The predicted octanol–water partition coefficient (Wildman–Crippen LogP) is 1.83. The molecule has 6 heteroatoms. The van der Waals surface area contributed by atoms with Crippen LogP contribution >= 0.6 is 0 Å². The van der Waals surface area contributed by atoms with E-state index in [1.807, 2.05) is 18.2 Å². The summed E-state index contributed by atoms with van der Waals surface area (Å²) in [5.41, 5.74) is 2.94. The van der Waals surface area contributed by atoms with Crippen LogP contribution in [0, 0.1) is 0 Å². The molecular formula is C20H19N3O3. The van der Waals surface area contributed by atoms with Crippen molar-refractivity contribution in [3.05, 3.63) is 74.4 Å². The van der Waals surface area contributed by atoms with E-state index in [9.17, 15) is 14.4 Å². The van der Waals surface area contributed by atoms with Gasteiger partial charge in [0.25, 0.3) is 5.56 Å². The minimum absolute atomic E-state index is 0.148. The van der Waals surface area contributed by atoms with Crippen LogP contribution in [0.5, 0.6) is 0 Å². The number of para-hydroxylation sites is 1. The van der Waals surface area contributed by atoms with Gasteiger partial charge in [-0.1, -0.05) is 18.2 Å². The molecule has 132 valence electrons. The van der Waals surface area contributed by atoms with Crippen molar-refractivity contribution in [3.8, 4) is 0 Å². The van der Waals surface area contributed by atoms with Gasteiger partial charge in [0.2, 0.25) is 5.91 Å².